The first-order valence-corrected chi connectivity index (χ1v) is 4.30. The van der Waals surface area contributed by atoms with Gasteiger partial charge in [-0.25, -0.2) is 0 Å². The minimum Gasteiger partial charge on any atom is -0.418 e. The molecule has 16 heavy (non-hydrogen) atoms. The van der Waals surface area contributed by atoms with Gasteiger partial charge in [0, 0.05) is 11.6 Å². The molecule has 0 unspecified atom stereocenters. The van der Waals surface area contributed by atoms with Gasteiger partial charge in [-0.1, -0.05) is 35.5 Å². The first kappa shape index (κ1) is 12.3. The van der Waals surface area contributed by atoms with Crippen molar-refractivity contribution in [3.63, 3.8) is 0 Å². The van der Waals surface area contributed by atoms with Crippen LogP contribution in [0, 0.1) is 0 Å². The molecule has 1 aromatic carbocycles. The maximum atomic E-state index is 9.75. The van der Waals surface area contributed by atoms with Crippen LogP contribution in [0.25, 0.3) is 11.3 Å². The van der Waals surface area contributed by atoms with E-state index in [9.17, 15) is 17.3 Å². The van der Waals surface area contributed by atoms with Gasteiger partial charge in [0.15, 0.2) is 0 Å². The molecule has 0 aliphatic rings. The van der Waals surface area contributed by atoms with Crippen LogP contribution >= 0.6 is 0 Å². The number of nitrogens with zero attached hydrogens (tertiary/aromatic N) is 1. The Hall–Kier alpha value is -1.79. The van der Waals surface area contributed by atoms with Crippen LogP contribution in [0.15, 0.2) is 47.2 Å². The van der Waals surface area contributed by atoms with Crippen molar-refractivity contribution in [2.24, 2.45) is 0 Å². The van der Waals surface area contributed by atoms with Gasteiger partial charge in [0.25, 0.3) is 0 Å². The molecule has 2 aromatic rings. The van der Waals surface area contributed by atoms with E-state index in [1.54, 1.807) is 6.26 Å². The SMILES string of the molecule is F[B-](F)(F)F.c1ccc(-c2ccon2)cc1. The van der Waals surface area contributed by atoms with Gasteiger partial charge < -0.3 is 21.8 Å². The van der Waals surface area contributed by atoms with E-state index in [0.29, 0.717) is 0 Å². The van der Waals surface area contributed by atoms with Gasteiger partial charge in [-0.3, -0.25) is 0 Å². The lowest BCUT2D eigenvalue weighted by atomic mass is 10.2. The van der Waals surface area contributed by atoms with Gasteiger partial charge in [-0.15, -0.1) is 0 Å². The Balaban J connectivity index is 0.000000221. The van der Waals surface area contributed by atoms with Crippen molar-refractivity contribution >= 4 is 7.25 Å². The molecule has 2 nitrogen and oxygen atoms in total. The molecule has 0 bridgehead atoms. The third kappa shape index (κ3) is 5.18. The number of hydrogen-bond donors (Lipinski definition) is 0. The molecule has 2 rings (SSSR count). The van der Waals surface area contributed by atoms with Crippen LogP contribution in [0.3, 0.4) is 0 Å². The molecule has 0 aliphatic carbocycles. The van der Waals surface area contributed by atoms with Crippen molar-refractivity contribution in [2.75, 3.05) is 0 Å². The summed E-state index contributed by atoms with van der Waals surface area (Å²) in [7, 11) is -6.00. The van der Waals surface area contributed by atoms with Crippen molar-refractivity contribution in [1.29, 1.82) is 0 Å². The second-order valence-corrected chi connectivity index (χ2v) is 2.75. The molecule has 1 heterocycles. The van der Waals surface area contributed by atoms with E-state index in [2.05, 4.69) is 5.16 Å². The minimum absolute atomic E-state index is 0.880. The predicted molar refractivity (Wildman–Crippen MR) is 52.1 cm³/mol. The molecule has 1 aromatic heterocycles. The van der Waals surface area contributed by atoms with Gasteiger partial charge in [-0.05, 0) is 0 Å². The summed E-state index contributed by atoms with van der Waals surface area (Å²) < 4.78 is 43.7. The van der Waals surface area contributed by atoms with Gasteiger partial charge in [-0.2, -0.15) is 0 Å². The maximum absolute atomic E-state index is 9.75. The average Bonchev–Trinajstić information content (AvgIpc) is 2.69. The number of aromatic nitrogens is 1. The van der Waals surface area contributed by atoms with E-state index in [-0.39, 0.29) is 0 Å². The first-order chi connectivity index (χ1) is 7.47. The lowest BCUT2D eigenvalue weighted by molar-refractivity contribution is 0.368. The molecule has 7 heteroatoms. The monoisotopic (exact) mass is 232 g/mol. The van der Waals surface area contributed by atoms with Crippen LogP contribution in [-0.2, 0) is 0 Å². The number of halogens is 4. The topological polar surface area (TPSA) is 26.0 Å². The molecule has 0 saturated heterocycles. The highest BCUT2D eigenvalue weighted by Gasteiger charge is 2.20. The second-order valence-electron chi connectivity index (χ2n) is 2.75. The van der Waals surface area contributed by atoms with E-state index in [1.807, 2.05) is 36.4 Å². The minimum atomic E-state index is -6.00. The summed E-state index contributed by atoms with van der Waals surface area (Å²) in [5.74, 6) is 0. The summed E-state index contributed by atoms with van der Waals surface area (Å²) >= 11 is 0. The van der Waals surface area contributed by atoms with E-state index in [4.69, 9.17) is 4.52 Å². The average molecular weight is 232 g/mol. The fourth-order valence-corrected chi connectivity index (χ4v) is 0.970. The Morgan fingerprint density at radius 3 is 1.94 bits per heavy atom. The van der Waals surface area contributed by atoms with Crippen LogP contribution < -0.4 is 0 Å². The fourth-order valence-electron chi connectivity index (χ4n) is 0.970. The van der Waals surface area contributed by atoms with Crippen molar-refractivity contribution in [3.05, 3.63) is 42.7 Å². The maximum Gasteiger partial charge on any atom is 0.673 e. The van der Waals surface area contributed by atoms with Crippen LogP contribution in [0.5, 0.6) is 0 Å². The third-order valence-corrected chi connectivity index (χ3v) is 1.51. The first-order valence-electron chi connectivity index (χ1n) is 4.30. The molecule has 0 aliphatic heterocycles. The summed E-state index contributed by atoms with van der Waals surface area (Å²) in [5.41, 5.74) is 1.96. The molecule has 0 N–H and O–H groups in total. The lowest BCUT2D eigenvalue weighted by Gasteiger charge is -1.94. The Kier molecular flexibility index (Phi) is 4.10. The summed E-state index contributed by atoms with van der Waals surface area (Å²) in [6, 6.07) is 11.8. The van der Waals surface area contributed by atoms with E-state index < -0.39 is 7.25 Å². The van der Waals surface area contributed by atoms with Crippen molar-refractivity contribution in [2.45, 2.75) is 0 Å². The summed E-state index contributed by atoms with van der Waals surface area (Å²) in [4.78, 5) is 0. The highest BCUT2D eigenvalue weighted by atomic mass is 19.5. The normalized spacial score (nSPS) is 10.5. The van der Waals surface area contributed by atoms with E-state index >= 15 is 0 Å². The van der Waals surface area contributed by atoms with E-state index in [0.717, 1.165) is 11.3 Å². The molecule has 0 atom stereocenters. The smallest absolute Gasteiger partial charge is 0.418 e. The summed E-state index contributed by atoms with van der Waals surface area (Å²) in [5, 5.41) is 3.81. The predicted octanol–water partition coefficient (Wildman–Crippen LogP) is 3.64. The summed E-state index contributed by atoms with van der Waals surface area (Å²) in [6.45, 7) is 0. The standard InChI is InChI=1S/C9H7NO.BF4/c1-2-4-8(5-3-1)9-6-7-11-10-9;2-1(3,4)5/h1-7H;/q;-1. The largest absolute Gasteiger partial charge is 0.673 e. The van der Waals surface area contributed by atoms with Crippen molar-refractivity contribution < 1.29 is 21.8 Å². The Labute approximate surface area is 89.0 Å². The lowest BCUT2D eigenvalue weighted by Crippen LogP contribution is -2.02. The third-order valence-electron chi connectivity index (χ3n) is 1.51. The Bertz CT molecular complexity index is 395. The highest BCUT2D eigenvalue weighted by molar-refractivity contribution is 6.50. The molecule has 0 radical (unpaired) electrons. The zero-order chi connectivity index (χ0) is 12.0. The van der Waals surface area contributed by atoms with E-state index in [1.165, 1.54) is 0 Å². The van der Waals surface area contributed by atoms with Crippen molar-refractivity contribution in [3.8, 4) is 11.3 Å². The summed E-state index contributed by atoms with van der Waals surface area (Å²) in [6.07, 6.45) is 1.57. The molecule has 86 valence electrons. The molecule has 0 fully saturated rings. The van der Waals surface area contributed by atoms with Gasteiger partial charge >= 0.3 is 7.25 Å². The zero-order valence-electron chi connectivity index (χ0n) is 7.99. The molecule has 0 saturated carbocycles. The number of hydrogen-bond acceptors (Lipinski definition) is 2. The van der Waals surface area contributed by atoms with Gasteiger partial charge in [0.2, 0.25) is 0 Å². The second kappa shape index (κ2) is 5.34. The molecule has 0 spiro atoms. The van der Waals surface area contributed by atoms with Crippen LogP contribution in [0.4, 0.5) is 17.3 Å². The Morgan fingerprint density at radius 2 is 1.50 bits per heavy atom. The number of benzene rings is 1. The highest BCUT2D eigenvalue weighted by Crippen LogP contribution is 2.14. The molecule has 0 amide bonds. The fraction of sp³-hybridized carbons (Fsp3) is 0. The van der Waals surface area contributed by atoms with Gasteiger partial charge in [0.1, 0.15) is 12.0 Å². The Morgan fingerprint density at radius 1 is 0.938 bits per heavy atom. The number of rotatable bonds is 1. The van der Waals surface area contributed by atoms with Crippen LogP contribution in [0.1, 0.15) is 0 Å². The molecular weight excluding hydrogens is 225 g/mol. The van der Waals surface area contributed by atoms with Crippen LogP contribution in [-0.4, -0.2) is 12.4 Å². The van der Waals surface area contributed by atoms with Gasteiger partial charge in [0.05, 0.1) is 0 Å². The molecular formula is C9H7BF4NO-. The van der Waals surface area contributed by atoms with Crippen molar-refractivity contribution in [1.82, 2.24) is 5.16 Å². The van der Waals surface area contributed by atoms with Crippen LogP contribution in [0.2, 0.25) is 0 Å². The zero-order valence-corrected chi connectivity index (χ0v) is 7.99. The quantitative estimate of drug-likeness (QED) is 0.554.